The van der Waals surface area contributed by atoms with E-state index in [4.69, 9.17) is 0 Å². The van der Waals surface area contributed by atoms with Crippen LogP contribution >= 0.6 is 0 Å². The molecule has 0 bridgehead atoms. The molecule has 1 aromatic carbocycles. The van der Waals surface area contributed by atoms with Crippen molar-refractivity contribution in [2.45, 2.75) is 25.7 Å². The van der Waals surface area contributed by atoms with Gasteiger partial charge in [0.1, 0.15) is 0 Å². The van der Waals surface area contributed by atoms with Gasteiger partial charge >= 0.3 is 0 Å². The third-order valence-corrected chi connectivity index (χ3v) is 5.13. The molecule has 0 radical (unpaired) electrons. The highest BCUT2D eigenvalue weighted by molar-refractivity contribution is 5.94. The molecule has 0 spiro atoms. The van der Waals surface area contributed by atoms with Gasteiger partial charge in [-0.25, -0.2) is 0 Å². The summed E-state index contributed by atoms with van der Waals surface area (Å²) < 4.78 is 0. The lowest BCUT2D eigenvalue weighted by molar-refractivity contribution is 0.0706. The quantitative estimate of drug-likeness (QED) is 0.785. The maximum Gasteiger partial charge on any atom is 0.253 e. The van der Waals surface area contributed by atoms with E-state index in [0.29, 0.717) is 5.92 Å². The van der Waals surface area contributed by atoms with Gasteiger partial charge in [0.2, 0.25) is 0 Å². The highest BCUT2D eigenvalue weighted by atomic mass is 16.2. The van der Waals surface area contributed by atoms with Crippen LogP contribution in [0.3, 0.4) is 0 Å². The molecule has 0 saturated carbocycles. The Hall–Kier alpha value is -2.95. The number of carbonyl (C=O) groups is 1. The number of hydrogen-bond acceptors (Lipinski definition) is 3. The molecule has 5 heteroatoms. The molecule has 1 fully saturated rings. The van der Waals surface area contributed by atoms with E-state index in [-0.39, 0.29) is 5.91 Å². The van der Waals surface area contributed by atoms with Gasteiger partial charge in [-0.05, 0) is 60.7 Å². The van der Waals surface area contributed by atoms with E-state index in [9.17, 15) is 4.79 Å². The molecule has 1 aliphatic heterocycles. The van der Waals surface area contributed by atoms with E-state index in [1.165, 1.54) is 0 Å². The van der Waals surface area contributed by atoms with Crippen molar-refractivity contribution in [2.24, 2.45) is 0 Å². The number of rotatable bonds is 3. The molecular formula is C21H22N4O. The number of H-pyrrole nitrogens is 1. The van der Waals surface area contributed by atoms with Crippen molar-refractivity contribution < 1.29 is 4.79 Å². The third kappa shape index (κ3) is 3.25. The van der Waals surface area contributed by atoms with Crippen molar-refractivity contribution in [3.63, 3.8) is 0 Å². The first-order valence-electron chi connectivity index (χ1n) is 9.02. The fourth-order valence-electron chi connectivity index (χ4n) is 3.68. The number of nitrogens with one attached hydrogen (secondary N) is 1. The van der Waals surface area contributed by atoms with Crippen molar-refractivity contribution in [2.75, 3.05) is 13.1 Å². The van der Waals surface area contributed by atoms with Crippen LogP contribution in [0, 0.1) is 6.92 Å². The SMILES string of the molecule is Cc1cnccc1-c1ccc(C(=O)N2CCC[C@H](c3ccn[nH]3)C2)cc1. The molecule has 4 rings (SSSR count). The van der Waals surface area contributed by atoms with Crippen LogP contribution in [0.25, 0.3) is 11.1 Å². The second-order valence-electron chi connectivity index (χ2n) is 6.87. The van der Waals surface area contributed by atoms with Gasteiger partial charge < -0.3 is 4.90 Å². The summed E-state index contributed by atoms with van der Waals surface area (Å²) in [6.45, 7) is 3.60. The Morgan fingerprint density at radius 1 is 1.15 bits per heavy atom. The van der Waals surface area contributed by atoms with Crippen LogP contribution in [-0.2, 0) is 0 Å². The van der Waals surface area contributed by atoms with Gasteiger partial charge in [0, 0.05) is 48.9 Å². The zero-order valence-electron chi connectivity index (χ0n) is 14.9. The van der Waals surface area contributed by atoms with Crippen LogP contribution in [0.5, 0.6) is 0 Å². The molecule has 1 saturated heterocycles. The smallest absolute Gasteiger partial charge is 0.253 e. The Morgan fingerprint density at radius 2 is 2.00 bits per heavy atom. The zero-order chi connectivity index (χ0) is 17.9. The molecular weight excluding hydrogens is 324 g/mol. The zero-order valence-corrected chi connectivity index (χ0v) is 14.9. The van der Waals surface area contributed by atoms with E-state index >= 15 is 0 Å². The topological polar surface area (TPSA) is 61.9 Å². The maximum absolute atomic E-state index is 12.9. The van der Waals surface area contributed by atoms with E-state index in [1.807, 2.05) is 54.4 Å². The molecule has 1 aliphatic rings. The molecule has 1 N–H and O–H groups in total. The van der Waals surface area contributed by atoms with Crippen LogP contribution in [-0.4, -0.2) is 39.1 Å². The summed E-state index contributed by atoms with van der Waals surface area (Å²) >= 11 is 0. The molecule has 1 amide bonds. The minimum Gasteiger partial charge on any atom is -0.338 e. The van der Waals surface area contributed by atoms with Crippen molar-refractivity contribution in [3.05, 3.63) is 71.8 Å². The number of benzene rings is 1. The van der Waals surface area contributed by atoms with Crippen LogP contribution < -0.4 is 0 Å². The van der Waals surface area contributed by atoms with Gasteiger partial charge in [0.25, 0.3) is 5.91 Å². The van der Waals surface area contributed by atoms with Crippen molar-refractivity contribution in [1.29, 1.82) is 0 Å². The lowest BCUT2D eigenvalue weighted by atomic mass is 9.94. The lowest BCUT2D eigenvalue weighted by Gasteiger charge is -2.32. The number of aryl methyl sites for hydroxylation is 1. The summed E-state index contributed by atoms with van der Waals surface area (Å²) in [4.78, 5) is 19.0. The predicted octanol–water partition coefficient (Wildman–Crippen LogP) is 3.80. The summed E-state index contributed by atoms with van der Waals surface area (Å²) in [5.74, 6) is 0.446. The van der Waals surface area contributed by atoms with Gasteiger partial charge in [0.15, 0.2) is 0 Å². The van der Waals surface area contributed by atoms with Gasteiger partial charge in [-0.3, -0.25) is 14.9 Å². The number of nitrogens with zero attached hydrogens (tertiary/aromatic N) is 3. The Morgan fingerprint density at radius 3 is 2.73 bits per heavy atom. The summed E-state index contributed by atoms with van der Waals surface area (Å²) in [7, 11) is 0. The van der Waals surface area contributed by atoms with E-state index in [2.05, 4.69) is 15.2 Å². The molecule has 3 aromatic rings. The Kier molecular flexibility index (Phi) is 4.52. The Labute approximate surface area is 153 Å². The van der Waals surface area contributed by atoms with E-state index < -0.39 is 0 Å². The fraction of sp³-hybridized carbons (Fsp3) is 0.286. The molecule has 26 heavy (non-hydrogen) atoms. The molecule has 132 valence electrons. The van der Waals surface area contributed by atoms with Crippen molar-refractivity contribution in [3.8, 4) is 11.1 Å². The number of aromatic amines is 1. The van der Waals surface area contributed by atoms with E-state index in [0.717, 1.165) is 53.9 Å². The lowest BCUT2D eigenvalue weighted by Crippen LogP contribution is -2.39. The molecule has 3 heterocycles. The molecule has 2 aromatic heterocycles. The summed E-state index contributed by atoms with van der Waals surface area (Å²) in [6, 6.07) is 11.9. The number of amides is 1. The largest absolute Gasteiger partial charge is 0.338 e. The first-order valence-corrected chi connectivity index (χ1v) is 9.02. The third-order valence-electron chi connectivity index (χ3n) is 5.13. The van der Waals surface area contributed by atoms with Gasteiger partial charge in [0.05, 0.1) is 0 Å². The highest BCUT2D eigenvalue weighted by Gasteiger charge is 2.26. The molecule has 5 nitrogen and oxygen atoms in total. The normalized spacial score (nSPS) is 17.3. The number of carbonyl (C=O) groups excluding carboxylic acids is 1. The van der Waals surface area contributed by atoms with Crippen molar-refractivity contribution in [1.82, 2.24) is 20.1 Å². The highest BCUT2D eigenvalue weighted by Crippen LogP contribution is 2.27. The van der Waals surface area contributed by atoms with Gasteiger partial charge in [-0.1, -0.05) is 12.1 Å². The second-order valence-corrected chi connectivity index (χ2v) is 6.87. The van der Waals surface area contributed by atoms with Crippen LogP contribution in [0.15, 0.2) is 55.0 Å². The average molecular weight is 346 g/mol. The number of pyridine rings is 1. The fourth-order valence-corrected chi connectivity index (χ4v) is 3.68. The van der Waals surface area contributed by atoms with Crippen LogP contribution in [0.4, 0.5) is 0 Å². The number of aromatic nitrogens is 3. The summed E-state index contributed by atoms with van der Waals surface area (Å²) in [5, 5.41) is 7.08. The number of hydrogen-bond donors (Lipinski definition) is 1. The van der Waals surface area contributed by atoms with Crippen molar-refractivity contribution >= 4 is 5.91 Å². The Balaban J connectivity index is 1.50. The number of piperidine rings is 1. The minimum absolute atomic E-state index is 0.104. The first-order chi connectivity index (χ1) is 12.7. The van der Waals surface area contributed by atoms with E-state index in [1.54, 1.807) is 12.4 Å². The predicted molar refractivity (Wildman–Crippen MR) is 101 cm³/mol. The Bertz CT molecular complexity index is 887. The maximum atomic E-state index is 12.9. The summed E-state index contributed by atoms with van der Waals surface area (Å²) in [5.41, 5.74) is 5.24. The standard InChI is InChI=1S/C21H22N4O/c1-15-13-22-10-8-19(15)16-4-6-17(7-5-16)21(26)25-12-2-3-18(14-25)20-9-11-23-24-20/h4-11,13,18H,2-3,12,14H2,1H3,(H,23,24)/t18-/m0/s1. The second kappa shape index (κ2) is 7.12. The van der Waals surface area contributed by atoms with Crippen LogP contribution in [0.1, 0.15) is 40.4 Å². The minimum atomic E-state index is 0.104. The average Bonchev–Trinajstić information content (AvgIpc) is 3.23. The van der Waals surface area contributed by atoms with Gasteiger partial charge in [-0.2, -0.15) is 5.10 Å². The molecule has 0 aliphatic carbocycles. The number of likely N-dealkylation sites (tertiary alicyclic amines) is 1. The molecule has 1 atom stereocenters. The monoisotopic (exact) mass is 346 g/mol. The van der Waals surface area contributed by atoms with Crippen LogP contribution in [0.2, 0.25) is 0 Å². The van der Waals surface area contributed by atoms with Gasteiger partial charge in [-0.15, -0.1) is 0 Å². The first kappa shape index (κ1) is 16.5. The molecule has 0 unspecified atom stereocenters. The summed E-state index contributed by atoms with van der Waals surface area (Å²) in [6.07, 6.45) is 7.54.